The molecule has 0 bridgehead atoms. The van der Waals surface area contributed by atoms with Crippen molar-refractivity contribution in [3.8, 4) is 22.9 Å². The first kappa shape index (κ1) is 24.1. The molecule has 3 aromatic rings. The van der Waals surface area contributed by atoms with E-state index in [1.165, 1.54) is 10.7 Å². The zero-order valence-electron chi connectivity index (χ0n) is 20.2. The number of nitrogens with one attached hydrogen (secondary N) is 1. The molecule has 4 rings (SSSR count). The van der Waals surface area contributed by atoms with E-state index in [9.17, 15) is 9.59 Å². The van der Waals surface area contributed by atoms with Gasteiger partial charge in [-0.05, 0) is 55.3 Å². The molecule has 0 spiro atoms. The zero-order chi connectivity index (χ0) is 24.8. The molecule has 2 heterocycles. The number of anilines is 1. The van der Waals surface area contributed by atoms with E-state index in [-0.39, 0.29) is 17.4 Å². The van der Waals surface area contributed by atoms with Crippen molar-refractivity contribution in [2.45, 2.75) is 19.4 Å². The van der Waals surface area contributed by atoms with Crippen LogP contribution in [0.2, 0.25) is 0 Å². The first-order valence-corrected chi connectivity index (χ1v) is 11.5. The molecule has 1 N–H and O–H groups in total. The van der Waals surface area contributed by atoms with E-state index < -0.39 is 0 Å². The number of carbonyl (C=O) groups is 1. The summed E-state index contributed by atoms with van der Waals surface area (Å²) in [4.78, 5) is 27.3. The van der Waals surface area contributed by atoms with Gasteiger partial charge in [0, 0.05) is 43.2 Å². The highest BCUT2D eigenvalue weighted by Crippen LogP contribution is 2.25. The number of aromatic nitrogens is 2. The van der Waals surface area contributed by atoms with Gasteiger partial charge in [0.15, 0.2) is 0 Å². The van der Waals surface area contributed by atoms with Crippen LogP contribution in [0.15, 0.2) is 59.4 Å². The molecule has 0 aliphatic carbocycles. The van der Waals surface area contributed by atoms with Crippen LogP contribution in [0.3, 0.4) is 0 Å². The molecule has 0 atom stereocenters. The highest BCUT2D eigenvalue weighted by atomic mass is 16.5. The average molecular weight is 479 g/mol. The Labute approximate surface area is 204 Å². The smallest absolute Gasteiger partial charge is 0.271 e. The molecule has 9 heteroatoms. The van der Waals surface area contributed by atoms with Crippen LogP contribution in [0.4, 0.5) is 5.82 Å². The van der Waals surface area contributed by atoms with Crippen molar-refractivity contribution >= 4 is 11.7 Å². The minimum atomic E-state index is -0.206. The van der Waals surface area contributed by atoms with Crippen LogP contribution >= 0.6 is 0 Å². The Bertz CT molecular complexity index is 1220. The minimum absolute atomic E-state index is 0.0266. The Balaban J connectivity index is 1.36. The quantitative estimate of drug-likeness (QED) is 0.532. The van der Waals surface area contributed by atoms with Crippen molar-refractivity contribution in [3.63, 3.8) is 0 Å². The number of rotatable bonds is 8. The van der Waals surface area contributed by atoms with Gasteiger partial charge in [0.2, 0.25) is 5.91 Å². The molecule has 1 aromatic heterocycles. The molecule has 0 radical (unpaired) electrons. The van der Waals surface area contributed by atoms with Crippen molar-refractivity contribution < 1.29 is 19.0 Å². The molecular formula is C26H30N4O5. The first-order chi connectivity index (χ1) is 17.0. The van der Waals surface area contributed by atoms with Gasteiger partial charge in [-0.1, -0.05) is 0 Å². The number of hydrogen-bond acceptors (Lipinski definition) is 7. The predicted octanol–water partition coefficient (Wildman–Crippen LogP) is 2.79. The van der Waals surface area contributed by atoms with Crippen molar-refractivity contribution in [1.29, 1.82) is 0 Å². The van der Waals surface area contributed by atoms with Crippen LogP contribution in [0.1, 0.15) is 18.4 Å². The Kier molecular flexibility index (Phi) is 7.54. The summed E-state index contributed by atoms with van der Waals surface area (Å²) in [6.45, 7) is 1.75. The summed E-state index contributed by atoms with van der Waals surface area (Å²) >= 11 is 0. The summed E-state index contributed by atoms with van der Waals surface area (Å²) in [5.41, 5.74) is 1.35. The number of nitrogens with zero attached hydrogens (tertiary/aromatic N) is 3. The lowest BCUT2D eigenvalue weighted by molar-refractivity contribution is -0.125. The maximum Gasteiger partial charge on any atom is 0.271 e. The van der Waals surface area contributed by atoms with Crippen molar-refractivity contribution in [2.75, 3.05) is 39.3 Å². The van der Waals surface area contributed by atoms with Crippen molar-refractivity contribution in [3.05, 3.63) is 70.5 Å². The van der Waals surface area contributed by atoms with Gasteiger partial charge in [0.1, 0.15) is 23.1 Å². The lowest BCUT2D eigenvalue weighted by atomic mass is 9.96. The monoisotopic (exact) mass is 478 g/mol. The second kappa shape index (κ2) is 10.9. The van der Waals surface area contributed by atoms with Gasteiger partial charge >= 0.3 is 0 Å². The number of methoxy groups -OCH3 is 3. The number of piperidine rings is 1. The maximum absolute atomic E-state index is 12.8. The topological polar surface area (TPSA) is 94.9 Å². The number of ether oxygens (including phenoxy) is 3. The van der Waals surface area contributed by atoms with Gasteiger partial charge in [-0.3, -0.25) is 9.59 Å². The molecule has 0 unspecified atom stereocenters. The fraction of sp³-hybridized carbons (Fsp3) is 0.346. The lowest BCUT2D eigenvalue weighted by Crippen LogP contribution is -2.41. The Morgan fingerprint density at radius 2 is 1.63 bits per heavy atom. The van der Waals surface area contributed by atoms with Gasteiger partial charge in [-0.15, -0.1) is 5.10 Å². The molecule has 9 nitrogen and oxygen atoms in total. The van der Waals surface area contributed by atoms with Gasteiger partial charge in [0.05, 0.1) is 27.0 Å². The molecule has 2 aromatic carbocycles. The van der Waals surface area contributed by atoms with Crippen molar-refractivity contribution in [1.82, 2.24) is 15.1 Å². The number of benzene rings is 2. The Morgan fingerprint density at radius 3 is 2.29 bits per heavy atom. The highest BCUT2D eigenvalue weighted by Gasteiger charge is 2.26. The van der Waals surface area contributed by atoms with Gasteiger partial charge in [-0.2, -0.15) is 4.68 Å². The Morgan fingerprint density at radius 1 is 0.943 bits per heavy atom. The number of amides is 1. The van der Waals surface area contributed by atoms with Crippen molar-refractivity contribution in [2.24, 2.45) is 5.92 Å². The van der Waals surface area contributed by atoms with E-state index in [2.05, 4.69) is 15.3 Å². The fourth-order valence-electron chi connectivity index (χ4n) is 4.17. The van der Waals surface area contributed by atoms with E-state index in [4.69, 9.17) is 14.2 Å². The fourth-order valence-corrected chi connectivity index (χ4v) is 4.17. The van der Waals surface area contributed by atoms with E-state index in [1.807, 2.05) is 12.1 Å². The highest BCUT2D eigenvalue weighted by molar-refractivity contribution is 5.79. The molecule has 1 amide bonds. The SMILES string of the molecule is COc1ccc(-n2nc(N3CCC(C(=O)NCc4ccc(OC)cc4OC)CC3)ccc2=O)cc1. The summed E-state index contributed by atoms with van der Waals surface area (Å²) in [7, 11) is 4.80. The molecule has 1 saturated heterocycles. The van der Waals surface area contributed by atoms with Gasteiger partial charge in [-0.25, -0.2) is 0 Å². The van der Waals surface area contributed by atoms with Crippen LogP contribution < -0.4 is 30.0 Å². The number of hydrogen-bond donors (Lipinski definition) is 1. The minimum Gasteiger partial charge on any atom is -0.497 e. The van der Waals surface area contributed by atoms with Gasteiger partial charge in [0.25, 0.3) is 5.56 Å². The van der Waals surface area contributed by atoms with Crippen LogP contribution in [-0.2, 0) is 11.3 Å². The molecule has 1 aliphatic heterocycles. The third-order valence-corrected chi connectivity index (χ3v) is 6.24. The number of carbonyl (C=O) groups excluding carboxylic acids is 1. The lowest BCUT2D eigenvalue weighted by Gasteiger charge is -2.32. The summed E-state index contributed by atoms with van der Waals surface area (Å²) in [5.74, 6) is 2.75. The average Bonchev–Trinajstić information content (AvgIpc) is 2.92. The summed E-state index contributed by atoms with van der Waals surface area (Å²) < 4.78 is 17.2. The summed E-state index contributed by atoms with van der Waals surface area (Å²) in [6.07, 6.45) is 1.41. The molecule has 0 saturated carbocycles. The molecule has 1 aliphatic rings. The zero-order valence-corrected chi connectivity index (χ0v) is 20.2. The predicted molar refractivity (Wildman–Crippen MR) is 133 cm³/mol. The second-order valence-corrected chi connectivity index (χ2v) is 8.30. The summed E-state index contributed by atoms with van der Waals surface area (Å²) in [6, 6.07) is 16.0. The Hall–Kier alpha value is -4.01. The summed E-state index contributed by atoms with van der Waals surface area (Å²) in [5, 5.41) is 7.60. The van der Waals surface area contributed by atoms with Gasteiger partial charge < -0.3 is 24.4 Å². The largest absolute Gasteiger partial charge is 0.497 e. The molecule has 1 fully saturated rings. The maximum atomic E-state index is 12.8. The van der Waals surface area contributed by atoms with E-state index in [1.54, 1.807) is 57.7 Å². The van der Waals surface area contributed by atoms with Crippen LogP contribution in [0, 0.1) is 5.92 Å². The molecule has 35 heavy (non-hydrogen) atoms. The normalized spacial score (nSPS) is 13.9. The van der Waals surface area contributed by atoms with E-state index in [0.29, 0.717) is 61.2 Å². The third kappa shape index (κ3) is 5.56. The van der Waals surface area contributed by atoms with Crippen LogP contribution in [0.25, 0.3) is 5.69 Å². The standard InChI is InChI=1S/C26H30N4O5/c1-33-21-8-5-20(6-9-21)30-25(31)11-10-24(28-30)29-14-12-18(13-15-29)26(32)27-17-19-4-7-22(34-2)16-23(19)35-3/h4-11,16,18H,12-15,17H2,1-3H3,(H,27,32). The van der Waals surface area contributed by atoms with E-state index in [0.717, 1.165) is 5.56 Å². The van der Waals surface area contributed by atoms with E-state index >= 15 is 0 Å². The first-order valence-electron chi connectivity index (χ1n) is 11.5. The van der Waals surface area contributed by atoms with Crippen LogP contribution in [0.5, 0.6) is 17.2 Å². The van der Waals surface area contributed by atoms with Crippen LogP contribution in [-0.4, -0.2) is 50.1 Å². The third-order valence-electron chi connectivity index (χ3n) is 6.24. The molecule has 184 valence electrons. The second-order valence-electron chi connectivity index (χ2n) is 8.30. The molecular weight excluding hydrogens is 448 g/mol.